The monoisotopic (exact) mass is 364 g/mol. The van der Waals surface area contributed by atoms with Gasteiger partial charge in [-0.2, -0.15) is 4.98 Å². The molecule has 0 atom stereocenters. The van der Waals surface area contributed by atoms with Gasteiger partial charge in [0.1, 0.15) is 5.82 Å². The SMILES string of the molecule is Clc1ccc(Nc2ccnc(Nc3cc(Cl)ccc3Cl)n2)cc1. The second kappa shape index (κ2) is 7.04. The van der Waals surface area contributed by atoms with Crippen LogP contribution in [-0.2, 0) is 0 Å². The molecule has 23 heavy (non-hydrogen) atoms. The average molecular weight is 366 g/mol. The Hall–Kier alpha value is -2.01. The predicted molar refractivity (Wildman–Crippen MR) is 96.5 cm³/mol. The molecule has 0 saturated carbocycles. The van der Waals surface area contributed by atoms with Crippen LogP contribution in [0.1, 0.15) is 0 Å². The van der Waals surface area contributed by atoms with Gasteiger partial charge in [-0.1, -0.05) is 34.8 Å². The van der Waals surface area contributed by atoms with Gasteiger partial charge in [0.05, 0.1) is 10.7 Å². The maximum absolute atomic E-state index is 6.13. The first-order valence-corrected chi connectivity index (χ1v) is 7.81. The third-order valence-corrected chi connectivity index (χ3v) is 3.76. The maximum Gasteiger partial charge on any atom is 0.229 e. The molecule has 116 valence electrons. The van der Waals surface area contributed by atoms with Gasteiger partial charge in [-0.05, 0) is 48.5 Å². The summed E-state index contributed by atoms with van der Waals surface area (Å²) in [6, 6.07) is 14.2. The Kier molecular flexibility index (Phi) is 4.86. The molecule has 0 fully saturated rings. The third-order valence-electron chi connectivity index (χ3n) is 2.95. The quantitative estimate of drug-likeness (QED) is 0.602. The van der Waals surface area contributed by atoms with E-state index >= 15 is 0 Å². The van der Waals surface area contributed by atoms with Crippen molar-refractivity contribution in [3.63, 3.8) is 0 Å². The highest BCUT2D eigenvalue weighted by molar-refractivity contribution is 6.35. The van der Waals surface area contributed by atoms with Crippen molar-refractivity contribution in [2.75, 3.05) is 10.6 Å². The predicted octanol–water partition coefficient (Wildman–Crippen LogP) is 5.92. The van der Waals surface area contributed by atoms with Crippen LogP contribution in [0.3, 0.4) is 0 Å². The van der Waals surface area contributed by atoms with Gasteiger partial charge in [0, 0.05) is 21.9 Å². The van der Waals surface area contributed by atoms with Gasteiger partial charge in [-0.3, -0.25) is 0 Å². The highest BCUT2D eigenvalue weighted by Gasteiger charge is 2.05. The summed E-state index contributed by atoms with van der Waals surface area (Å²) in [7, 11) is 0. The summed E-state index contributed by atoms with van der Waals surface area (Å²) in [5, 5.41) is 8.01. The van der Waals surface area contributed by atoms with Crippen molar-refractivity contribution in [1.29, 1.82) is 0 Å². The second-order valence-corrected chi connectivity index (χ2v) is 5.93. The van der Waals surface area contributed by atoms with Gasteiger partial charge in [-0.25, -0.2) is 4.98 Å². The van der Waals surface area contributed by atoms with E-state index in [0.717, 1.165) is 5.69 Å². The van der Waals surface area contributed by atoms with E-state index in [1.807, 2.05) is 12.1 Å². The highest BCUT2D eigenvalue weighted by Crippen LogP contribution is 2.27. The second-order valence-electron chi connectivity index (χ2n) is 4.65. The van der Waals surface area contributed by atoms with Crippen molar-refractivity contribution in [1.82, 2.24) is 9.97 Å². The van der Waals surface area contributed by atoms with Gasteiger partial charge >= 0.3 is 0 Å². The van der Waals surface area contributed by atoms with Gasteiger partial charge in [0.2, 0.25) is 5.95 Å². The minimum absolute atomic E-state index is 0.410. The molecule has 0 unspecified atom stereocenters. The molecule has 0 bridgehead atoms. The molecule has 1 heterocycles. The summed E-state index contributed by atoms with van der Waals surface area (Å²) in [5.41, 5.74) is 1.52. The van der Waals surface area contributed by atoms with Crippen LogP contribution in [0.4, 0.5) is 23.1 Å². The van der Waals surface area contributed by atoms with Crippen LogP contribution >= 0.6 is 34.8 Å². The minimum Gasteiger partial charge on any atom is -0.340 e. The third kappa shape index (κ3) is 4.26. The fraction of sp³-hybridized carbons (Fsp3) is 0. The number of nitrogens with one attached hydrogen (secondary N) is 2. The van der Waals surface area contributed by atoms with E-state index in [1.54, 1.807) is 42.6 Å². The molecule has 3 rings (SSSR count). The molecule has 0 aliphatic heterocycles. The van der Waals surface area contributed by atoms with Crippen LogP contribution in [0.15, 0.2) is 54.7 Å². The van der Waals surface area contributed by atoms with Crippen molar-refractivity contribution in [3.05, 3.63) is 69.8 Å². The molecule has 0 radical (unpaired) electrons. The average Bonchev–Trinajstić information content (AvgIpc) is 2.54. The van der Waals surface area contributed by atoms with E-state index in [1.165, 1.54) is 0 Å². The summed E-state index contributed by atoms with van der Waals surface area (Å²) < 4.78 is 0. The summed E-state index contributed by atoms with van der Waals surface area (Å²) in [5.74, 6) is 1.05. The van der Waals surface area contributed by atoms with Crippen LogP contribution in [-0.4, -0.2) is 9.97 Å². The fourth-order valence-electron chi connectivity index (χ4n) is 1.88. The van der Waals surface area contributed by atoms with Crippen LogP contribution in [0, 0.1) is 0 Å². The molecule has 4 nitrogen and oxygen atoms in total. The van der Waals surface area contributed by atoms with Crippen LogP contribution in [0.5, 0.6) is 0 Å². The number of aromatic nitrogens is 2. The Bertz CT molecular complexity index is 822. The summed E-state index contributed by atoms with van der Waals surface area (Å²) in [6.45, 7) is 0. The number of hydrogen-bond donors (Lipinski definition) is 2. The summed E-state index contributed by atoms with van der Waals surface area (Å²) in [4.78, 5) is 8.56. The number of anilines is 4. The Morgan fingerprint density at radius 3 is 2.30 bits per heavy atom. The number of halogens is 3. The molecular weight excluding hydrogens is 355 g/mol. The first-order chi connectivity index (χ1) is 11.1. The molecule has 2 N–H and O–H groups in total. The molecule has 0 aliphatic rings. The standard InChI is InChI=1S/C16H11Cl3N4/c17-10-1-4-12(5-2-10)21-15-7-8-20-16(23-15)22-14-9-11(18)3-6-13(14)19/h1-9H,(H2,20,21,22,23). The molecule has 0 amide bonds. The lowest BCUT2D eigenvalue weighted by Gasteiger charge is -2.10. The number of hydrogen-bond acceptors (Lipinski definition) is 4. The Morgan fingerprint density at radius 1 is 0.783 bits per heavy atom. The van der Waals surface area contributed by atoms with E-state index < -0.39 is 0 Å². The van der Waals surface area contributed by atoms with Crippen LogP contribution in [0.25, 0.3) is 0 Å². The van der Waals surface area contributed by atoms with Gasteiger partial charge in [0.15, 0.2) is 0 Å². The molecular formula is C16H11Cl3N4. The van der Waals surface area contributed by atoms with Crippen LogP contribution < -0.4 is 10.6 Å². The summed E-state index contributed by atoms with van der Waals surface area (Å²) in [6.07, 6.45) is 1.64. The van der Waals surface area contributed by atoms with E-state index in [4.69, 9.17) is 34.8 Å². The van der Waals surface area contributed by atoms with E-state index in [2.05, 4.69) is 20.6 Å². The van der Waals surface area contributed by atoms with Gasteiger partial charge in [-0.15, -0.1) is 0 Å². The fourth-order valence-corrected chi connectivity index (χ4v) is 2.35. The highest BCUT2D eigenvalue weighted by atomic mass is 35.5. The molecule has 3 aromatic rings. The number of rotatable bonds is 4. The number of nitrogens with zero attached hydrogens (tertiary/aromatic N) is 2. The smallest absolute Gasteiger partial charge is 0.229 e. The lowest BCUT2D eigenvalue weighted by atomic mass is 10.3. The van der Waals surface area contributed by atoms with Crippen molar-refractivity contribution in [3.8, 4) is 0 Å². The molecule has 0 spiro atoms. The Labute approximate surface area is 148 Å². The van der Waals surface area contributed by atoms with E-state index in [-0.39, 0.29) is 0 Å². The largest absolute Gasteiger partial charge is 0.340 e. The zero-order chi connectivity index (χ0) is 16.2. The molecule has 2 aromatic carbocycles. The van der Waals surface area contributed by atoms with Gasteiger partial charge in [0.25, 0.3) is 0 Å². The lowest BCUT2D eigenvalue weighted by molar-refractivity contribution is 1.17. The molecule has 0 aliphatic carbocycles. The lowest BCUT2D eigenvalue weighted by Crippen LogP contribution is -2.00. The molecule has 0 saturated heterocycles. The first-order valence-electron chi connectivity index (χ1n) is 6.68. The van der Waals surface area contributed by atoms with Crippen molar-refractivity contribution < 1.29 is 0 Å². The molecule has 7 heteroatoms. The molecule has 1 aromatic heterocycles. The summed E-state index contributed by atoms with van der Waals surface area (Å²) >= 11 is 18.0. The number of benzene rings is 2. The van der Waals surface area contributed by atoms with E-state index in [0.29, 0.717) is 32.5 Å². The van der Waals surface area contributed by atoms with E-state index in [9.17, 15) is 0 Å². The minimum atomic E-state index is 0.410. The van der Waals surface area contributed by atoms with Gasteiger partial charge < -0.3 is 10.6 Å². The zero-order valence-electron chi connectivity index (χ0n) is 11.7. The topological polar surface area (TPSA) is 49.8 Å². The first kappa shape index (κ1) is 15.9. The zero-order valence-corrected chi connectivity index (χ0v) is 14.0. The normalized spacial score (nSPS) is 10.4. The maximum atomic E-state index is 6.13. The Morgan fingerprint density at radius 2 is 1.52 bits per heavy atom. The van der Waals surface area contributed by atoms with Crippen molar-refractivity contribution >= 4 is 57.9 Å². The van der Waals surface area contributed by atoms with Crippen LogP contribution in [0.2, 0.25) is 15.1 Å². The van der Waals surface area contributed by atoms with Crippen molar-refractivity contribution in [2.45, 2.75) is 0 Å². The Balaban J connectivity index is 1.79. The van der Waals surface area contributed by atoms with Crippen molar-refractivity contribution in [2.24, 2.45) is 0 Å².